The fourth-order valence-corrected chi connectivity index (χ4v) is 1.09. The van der Waals surface area contributed by atoms with Crippen LogP contribution in [0.5, 0.6) is 0 Å². The van der Waals surface area contributed by atoms with E-state index in [1.54, 1.807) is 13.8 Å². The Kier molecular flexibility index (Phi) is 5.28. The third-order valence-corrected chi connectivity index (χ3v) is 2.20. The lowest BCUT2D eigenvalue weighted by atomic mass is 9.97. The van der Waals surface area contributed by atoms with Crippen LogP contribution < -0.4 is 11.1 Å². The Hall–Kier alpha value is -1.10. The van der Waals surface area contributed by atoms with Crippen LogP contribution in [0, 0.1) is 0 Å². The van der Waals surface area contributed by atoms with Crippen molar-refractivity contribution in [3.8, 4) is 0 Å². The SMILES string of the molecule is CC[C@H](N)C(=O)NC(C)(C)CCC(=O)O. The maximum Gasteiger partial charge on any atom is 0.303 e. The monoisotopic (exact) mass is 216 g/mol. The molecular formula is C10H20N2O3. The summed E-state index contributed by atoms with van der Waals surface area (Å²) < 4.78 is 0. The molecular weight excluding hydrogens is 196 g/mol. The van der Waals surface area contributed by atoms with Crippen molar-refractivity contribution in [1.82, 2.24) is 5.32 Å². The van der Waals surface area contributed by atoms with Gasteiger partial charge in [0.25, 0.3) is 0 Å². The van der Waals surface area contributed by atoms with Gasteiger partial charge in [-0.1, -0.05) is 6.92 Å². The van der Waals surface area contributed by atoms with Gasteiger partial charge in [0.2, 0.25) is 5.91 Å². The van der Waals surface area contributed by atoms with Gasteiger partial charge in [-0.25, -0.2) is 0 Å². The summed E-state index contributed by atoms with van der Waals surface area (Å²) in [6, 6.07) is -0.519. The van der Waals surface area contributed by atoms with Crippen LogP contribution in [0.1, 0.15) is 40.0 Å². The minimum Gasteiger partial charge on any atom is -0.481 e. The number of rotatable bonds is 6. The van der Waals surface area contributed by atoms with E-state index in [0.717, 1.165) is 0 Å². The smallest absolute Gasteiger partial charge is 0.303 e. The van der Waals surface area contributed by atoms with Crippen LogP contribution in [0.3, 0.4) is 0 Å². The zero-order valence-corrected chi connectivity index (χ0v) is 9.54. The maximum atomic E-state index is 11.5. The molecule has 0 bridgehead atoms. The van der Waals surface area contributed by atoms with Crippen molar-refractivity contribution in [2.45, 2.75) is 51.6 Å². The summed E-state index contributed by atoms with van der Waals surface area (Å²) in [6.45, 7) is 5.40. The van der Waals surface area contributed by atoms with Crippen LogP contribution in [-0.2, 0) is 9.59 Å². The minimum absolute atomic E-state index is 0.0364. The summed E-state index contributed by atoms with van der Waals surface area (Å²) in [5, 5.41) is 11.3. The second-order valence-electron chi connectivity index (χ2n) is 4.28. The average molecular weight is 216 g/mol. The van der Waals surface area contributed by atoms with Gasteiger partial charge in [0.15, 0.2) is 0 Å². The van der Waals surface area contributed by atoms with E-state index in [1.165, 1.54) is 0 Å². The summed E-state index contributed by atoms with van der Waals surface area (Å²) >= 11 is 0. The van der Waals surface area contributed by atoms with Crippen LogP contribution >= 0.6 is 0 Å². The molecule has 0 rings (SSSR count). The third kappa shape index (κ3) is 6.06. The fraction of sp³-hybridized carbons (Fsp3) is 0.800. The molecule has 5 heteroatoms. The molecule has 0 aliphatic heterocycles. The van der Waals surface area contributed by atoms with Crippen molar-refractivity contribution in [3.05, 3.63) is 0 Å². The molecule has 15 heavy (non-hydrogen) atoms. The minimum atomic E-state index is -0.864. The topological polar surface area (TPSA) is 92.4 Å². The Labute approximate surface area is 90.0 Å². The Balaban J connectivity index is 4.12. The van der Waals surface area contributed by atoms with Crippen molar-refractivity contribution in [2.24, 2.45) is 5.73 Å². The van der Waals surface area contributed by atoms with E-state index in [2.05, 4.69) is 5.32 Å². The number of aliphatic carboxylic acids is 1. The van der Waals surface area contributed by atoms with Crippen molar-refractivity contribution >= 4 is 11.9 Å². The first-order valence-electron chi connectivity index (χ1n) is 5.08. The molecule has 0 heterocycles. The van der Waals surface area contributed by atoms with Crippen molar-refractivity contribution < 1.29 is 14.7 Å². The Bertz CT molecular complexity index is 239. The molecule has 0 saturated heterocycles. The van der Waals surface area contributed by atoms with Crippen molar-refractivity contribution in [3.63, 3.8) is 0 Å². The van der Waals surface area contributed by atoms with Gasteiger partial charge in [0, 0.05) is 12.0 Å². The van der Waals surface area contributed by atoms with Crippen LogP contribution in [0.4, 0.5) is 0 Å². The van der Waals surface area contributed by atoms with Gasteiger partial charge in [0.05, 0.1) is 6.04 Å². The highest BCUT2D eigenvalue weighted by Gasteiger charge is 2.23. The summed E-state index contributed by atoms with van der Waals surface area (Å²) in [5.74, 6) is -1.09. The molecule has 0 aromatic carbocycles. The number of hydrogen-bond donors (Lipinski definition) is 3. The standard InChI is InChI=1S/C10H20N2O3/c1-4-7(11)9(15)12-10(2,3)6-5-8(13)14/h7H,4-6,11H2,1-3H3,(H,12,15)(H,13,14)/t7-/m0/s1. The predicted molar refractivity (Wildman–Crippen MR) is 57.4 cm³/mol. The highest BCUT2D eigenvalue weighted by atomic mass is 16.4. The lowest BCUT2D eigenvalue weighted by Crippen LogP contribution is -2.50. The molecule has 1 atom stereocenters. The Morgan fingerprint density at radius 3 is 2.40 bits per heavy atom. The number of nitrogens with one attached hydrogen (secondary N) is 1. The van der Waals surface area contributed by atoms with Crippen molar-refractivity contribution in [1.29, 1.82) is 0 Å². The number of carboxylic acid groups (broad SMARTS) is 1. The van der Waals surface area contributed by atoms with Gasteiger partial charge >= 0.3 is 5.97 Å². The zero-order valence-electron chi connectivity index (χ0n) is 9.54. The van der Waals surface area contributed by atoms with Gasteiger partial charge in [0.1, 0.15) is 0 Å². The van der Waals surface area contributed by atoms with Crippen LogP contribution in [0.2, 0.25) is 0 Å². The second kappa shape index (κ2) is 5.70. The number of carbonyl (C=O) groups excluding carboxylic acids is 1. The number of carboxylic acids is 1. The first-order valence-corrected chi connectivity index (χ1v) is 5.08. The third-order valence-electron chi connectivity index (χ3n) is 2.20. The predicted octanol–water partition coefficient (Wildman–Crippen LogP) is 0.483. The fourth-order valence-electron chi connectivity index (χ4n) is 1.09. The van der Waals surface area contributed by atoms with Gasteiger partial charge < -0.3 is 16.2 Å². The average Bonchev–Trinajstić information content (AvgIpc) is 2.13. The molecule has 88 valence electrons. The molecule has 1 amide bonds. The lowest BCUT2D eigenvalue weighted by Gasteiger charge is -2.27. The molecule has 0 aromatic rings. The largest absolute Gasteiger partial charge is 0.481 e. The van der Waals surface area contributed by atoms with Gasteiger partial charge in [-0.2, -0.15) is 0 Å². The van der Waals surface area contributed by atoms with Gasteiger partial charge in [-0.3, -0.25) is 9.59 Å². The van der Waals surface area contributed by atoms with E-state index in [4.69, 9.17) is 10.8 Å². The van der Waals surface area contributed by atoms with E-state index in [0.29, 0.717) is 12.8 Å². The molecule has 4 N–H and O–H groups in total. The molecule has 0 spiro atoms. The quantitative estimate of drug-likeness (QED) is 0.602. The maximum absolute atomic E-state index is 11.5. The molecule has 0 radical (unpaired) electrons. The first kappa shape index (κ1) is 13.9. The molecule has 0 fully saturated rings. The number of hydrogen-bond acceptors (Lipinski definition) is 3. The Morgan fingerprint density at radius 2 is 2.00 bits per heavy atom. The summed E-state index contributed by atoms with van der Waals surface area (Å²) in [6.07, 6.45) is 1.000. The zero-order chi connectivity index (χ0) is 12.1. The van der Waals surface area contributed by atoms with E-state index < -0.39 is 17.6 Å². The summed E-state index contributed by atoms with van der Waals surface area (Å²) in [4.78, 5) is 21.8. The van der Waals surface area contributed by atoms with E-state index in [9.17, 15) is 9.59 Å². The second-order valence-corrected chi connectivity index (χ2v) is 4.28. The highest BCUT2D eigenvalue weighted by molar-refractivity contribution is 5.82. The molecule has 0 aliphatic carbocycles. The highest BCUT2D eigenvalue weighted by Crippen LogP contribution is 2.11. The normalized spacial score (nSPS) is 13.3. The number of nitrogens with two attached hydrogens (primary N) is 1. The van der Waals surface area contributed by atoms with Gasteiger partial charge in [-0.05, 0) is 26.7 Å². The molecule has 0 aliphatic rings. The van der Waals surface area contributed by atoms with E-state index >= 15 is 0 Å². The summed E-state index contributed by atoms with van der Waals surface area (Å²) in [7, 11) is 0. The number of carbonyl (C=O) groups is 2. The van der Waals surface area contributed by atoms with Crippen LogP contribution in [0.15, 0.2) is 0 Å². The van der Waals surface area contributed by atoms with E-state index in [1.807, 2.05) is 6.92 Å². The number of amides is 1. The van der Waals surface area contributed by atoms with Crippen LogP contribution in [0.25, 0.3) is 0 Å². The lowest BCUT2D eigenvalue weighted by molar-refractivity contribution is -0.137. The van der Waals surface area contributed by atoms with E-state index in [-0.39, 0.29) is 12.3 Å². The Morgan fingerprint density at radius 1 is 1.47 bits per heavy atom. The van der Waals surface area contributed by atoms with Crippen molar-refractivity contribution in [2.75, 3.05) is 0 Å². The van der Waals surface area contributed by atoms with Gasteiger partial charge in [-0.15, -0.1) is 0 Å². The first-order chi connectivity index (χ1) is 6.78. The molecule has 0 aromatic heterocycles. The molecule has 5 nitrogen and oxygen atoms in total. The molecule has 0 saturated carbocycles. The molecule has 0 unspecified atom stereocenters. The van der Waals surface area contributed by atoms with Crippen LogP contribution in [-0.4, -0.2) is 28.6 Å². The summed E-state index contributed by atoms with van der Waals surface area (Å²) in [5.41, 5.74) is 5.03.